The SMILES string of the molecule is O=S(=O)(CCO)Nc1ncc(Br)s1. The normalized spacial score (nSPS) is 11.5. The number of hydrogen-bond donors (Lipinski definition) is 2. The maximum atomic E-state index is 11.1. The minimum atomic E-state index is -3.44. The molecule has 0 aliphatic rings. The van der Waals surface area contributed by atoms with Crippen LogP contribution < -0.4 is 4.72 Å². The molecule has 0 amide bonds. The molecule has 0 bridgehead atoms. The van der Waals surface area contributed by atoms with Gasteiger partial charge in [-0.05, 0) is 15.9 Å². The first-order chi connectivity index (χ1) is 6.03. The lowest BCUT2D eigenvalue weighted by Crippen LogP contribution is -2.18. The number of halogens is 1. The fraction of sp³-hybridized carbons (Fsp3) is 0.400. The van der Waals surface area contributed by atoms with Crippen molar-refractivity contribution in [2.24, 2.45) is 0 Å². The van der Waals surface area contributed by atoms with Gasteiger partial charge >= 0.3 is 0 Å². The average Bonchev–Trinajstić information content (AvgIpc) is 2.34. The Morgan fingerprint density at radius 2 is 2.38 bits per heavy atom. The van der Waals surface area contributed by atoms with Crippen LogP contribution >= 0.6 is 27.3 Å². The molecule has 13 heavy (non-hydrogen) atoms. The highest BCUT2D eigenvalue weighted by Crippen LogP contribution is 2.23. The van der Waals surface area contributed by atoms with Gasteiger partial charge in [-0.1, -0.05) is 11.3 Å². The molecule has 1 rings (SSSR count). The van der Waals surface area contributed by atoms with Crippen LogP contribution in [0.1, 0.15) is 0 Å². The van der Waals surface area contributed by atoms with Crippen molar-refractivity contribution in [3.63, 3.8) is 0 Å². The third kappa shape index (κ3) is 3.59. The molecule has 0 radical (unpaired) electrons. The first-order valence-corrected chi connectivity index (χ1v) is 6.52. The summed E-state index contributed by atoms with van der Waals surface area (Å²) in [5.74, 6) is -0.315. The highest BCUT2D eigenvalue weighted by molar-refractivity contribution is 9.11. The van der Waals surface area contributed by atoms with Crippen LogP contribution in [-0.4, -0.2) is 30.9 Å². The maximum absolute atomic E-state index is 11.1. The number of nitrogens with zero attached hydrogens (tertiary/aromatic N) is 1. The molecule has 0 aromatic carbocycles. The quantitative estimate of drug-likeness (QED) is 0.851. The van der Waals surface area contributed by atoms with E-state index in [0.717, 1.165) is 3.79 Å². The second kappa shape index (κ2) is 4.36. The Balaban J connectivity index is 2.69. The van der Waals surface area contributed by atoms with Gasteiger partial charge in [0.2, 0.25) is 10.0 Å². The molecule has 1 heterocycles. The third-order valence-corrected chi connectivity index (χ3v) is 3.83. The molecule has 0 fully saturated rings. The number of hydrogen-bond acceptors (Lipinski definition) is 5. The lowest BCUT2D eigenvalue weighted by atomic mass is 10.9. The van der Waals surface area contributed by atoms with Crippen molar-refractivity contribution in [1.29, 1.82) is 0 Å². The van der Waals surface area contributed by atoms with E-state index in [1.54, 1.807) is 0 Å². The van der Waals surface area contributed by atoms with Crippen molar-refractivity contribution in [3.05, 3.63) is 9.98 Å². The van der Waals surface area contributed by atoms with Crippen LogP contribution in [0.15, 0.2) is 9.98 Å². The van der Waals surface area contributed by atoms with Crippen LogP contribution in [0.2, 0.25) is 0 Å². The number of anilines is 1. The largest absolute Gasteiger partial charge is 0.395 e. The van der Waals surface area contributed by atoms with Gasteiger partial charge in [0.25, 0.3) is 0 Å². The van der Waals surface area contributed by atoms with Crippen LogP contribution in [0, 0.1) is 0 Å². The van der Waals surface area contributed by atoms with Crippen molar-refractivity contribution in [2.45, 2.75) is 0 Å². The highest BCUT2D eigenvalue weighted by Gasteiger charge is 2.11. The number of aliphatic hydroxyl groups is 1. The van der Waals surface area contributed by atoms with Crippen LogP contribution in [0.25, 0.3) is 0 Å². The van der Waals surface area contributed by atoms with Gasteiger partial charge in [0.15, 0.2) is 5.13 Å². The second-order valence-corrected chi connectivity index (χ2v) is 6.37. The summed E-state index contributed by atoms with van der Waals surface area (Å²) in [7, 11) is -3.44. The van der Waals surface area contributed by atoms with Gasteiger partial charge < -0.3 is 5.11 Å². The van der Waals surface area contributed by atoms with E-state index in [1.165, 1.54) is 17.5 Å². The number of sulfonamides is 1. The maximum Gasteiger partial charge on any atom is 0.236 e. The first-order valence-electron chi connectivity index (χ1n) is 3.26. The summed E-state index contributed by atoms with van der Waals surface area (Å²) < 4.78 is 25.2. The van der Waals surface area contributed by atoms with Gasteiger partial charge in [0, 0.05) is 0 Å². The summed E-state index contributed by atoms with van der Waals surface area (Å²) >= 11 is 4.32. The Hall–Kier alpha value is -0.180. The van der Waals surface area contributed by atoms with Crippen molar-refractivity contribution >= 4 is 42.4 Å². The molecule has 0 saturated carbocycles. The number of rotatable bonds is 4. The van der Waals surface area contributed by atoms with E-state index in [-0.39, 0.29) is 5.75 Å². The lowest BCUT2D eigenvalue weighted by Gasteiger charge is -2.01. The minimum Gasteiger partial charge on any atom is -0.395 e. The molecular formula is C5H7BrN2O3S2. The molecule has 74 valence electrons. The van der Waals surface area contributed by atoms with Gasteiger partial charge in [0.05, 0.1) is 22.3 Å². The molecule has 0 atom stereocenters. The van der Waals surface area contributed by atoms with E-state index in [1.807, 2.05) is 0 Å². The Morgan fingerprint density at radius 1 is 1.69 bits per heavy atom. The molecule has 1 aromatic rings. The minimum absolute atomic E-state index is 0.292. The Kier molecular flexibility index (Phi) is 3.65. The second-order valence-electron chi connectivity index (χ2n) is 2.11. The van der Waals surface area contributed by atoms with Gasteiger partial charge in [0.1, 0.15) is 0 Å². The smallest absolute Gasteiger partial charge is 0.236 e. The third-order valence-electron chi connectivity index (χ3n) is 1.08. The van der Waals surface area contributed by atoms with E-state index in [0.29, 0.717) is 5.13 Å². The lowest BCUT2D eigenvalue weighted by molar-refractivity contribution is 0.320. The van der Waals surface area contributed by atoms with Gasteiger partial charge in [-0.25, -0.2) is 13.4 Å². The molecule has 0 spiro atoms. The number of aliphatic hydroxyl groups excluding tert-OH is 1. The standard InChI is InChI=1S/C5H7BrN2O3S2/c6-4-3-7-5(12-4)8-13(10,11)2-1-9/h3,9H,1-2H2,(H,7,8). The summed E-state index contributed by atoms with van der Waals surface area (Å²) in [5.41, 5.74) is 0. The first kappa shape index (κ1) is 10.9. The van der Waals surface area contributed by atoms with Gasteiger partial charge in [-0.3, -0.25) is 4.72 Å². The summed E-state index contributed by atoms with van der Waals surface area (Å²) in [4.78, 5) is 3.78. The topological polar surface area (TPSA) is 79.3 Å². The molecule has 5 nitrogen and oxygen atoms in total. The van der Waals surface area contributed by atoms with Crippen molar-refractivity contribution in [3.8, 4) is 0 Å². The Morgan fingerprint density at radius 3 is 2.85 bits per heavy atom. The van der Waals surface area contributed by atoms with E-state index in [4.69, 9.17) is 5.11 Å². The number of thiazole rings is 1. The van der Waals surface area contributed by atoms with Gasteiger partial charge in [-0.15, -0.1) is 0 Å². The zero-order valence-corrected chi connectivity index (χ0v) is 9.62. The monoisotopic (exact) mass is 286 g/mol. The van der Waals surface area contributed by atoms with Crippen LogP contribution in [0.5, 0.6) is 0 Å². The van der Waals surface area contributed by atoms with E-state index in [2.05, 4.69) is 25.6 Å². The molecule has 8 heteroatoms. The molecule has 2 N–H and O–H groups in total. The molecule has 0 saturated heterocycles. The molecule has 0 aliphatic carbocycles. The molecular weight excluding hydrogens is 280 g/mol. The average molecular weight is 287 g/mol. The van der Waals surface area contributed by atoms with Crippen molar-refractivity contribution in [2.75, 3.05) is 17.1 Å². The van der Waals surface area contributed by atoms with Gasteiger partial charge in [-0.2, -0.15) is 0 Å². The summed E-state index contributed by atoms with van der Waals surface area (Å²) in [6, 6.07) is 0. The molecule has 1 aromatic heterocycles. The fourth-order valence-electron chi connectivity index (χ4n) is 0.606. The summed E-state index contributed by atoms with van der Waals surface area (Å²) in [6.45, 7) is -0.401. The number of aromatic nitrogens is 1. The van der Waals surface area contributed by atoms with E-state index < -0.39 is 16.6 Å². The van der Waals surface area contributed by atoms with E-state index in [9.17, 15) is 8.42 Å². The number of nitrogens with one attached hydrogen (secondary N) is 1. The molecule has 0 aliphatic heterocycles. The Bertz CT molecular complexity index is 375. The predicted octanol–water partition coefficient (Wildman–Crippen LogP) is 0.640. The predicted molar refractivity (Wildman–Crippen MR) is 54.3 cm³/mol. The zero-order valence-electron chi connectivity index (χ0n) is 6.40. The van der Waals surface area contributed by atoms with Crippen LogP contribution in [-0.2, 0) is 10.0 Å². The van der Waals surface area contributed by atoms with Crippen molar-refractivity contribution < 1.29 is 13.5 Å². The van der Waals surface area contributed by atoms with E-state index >= 15 is 0 Å². The summed E-state index contributed by atoms with van der Waals surface area (Å²) in [5, 5.41) is 8.73. The Labute approximate surface area is 88.0 Å². The van der Waals surface area contributed by atoms with Crippen molar-refractivity contribution in [1.82, 2.24) is 4.98 Å². The van der Waals surface area contributed by atoms with Crippen LogP contribution in [0.4, 0.5) is 5.13 Å². The fourth-order valence-corrected chi connectivity index (χ4v) is 2.77. The highest BCUT2D eigenvalue weighted by atomic mass is 79.9. The summed E-state index contributed by atoms with van der Waals surface area (Å²) in [6.07, 6.45) is 1.50. The van der Waals surface area contributed by atoms with Crippen LogP contribution in [0.3, 0.4) is 0 Å². The zero-order chi connectivity index (χ0) is 9.90. The molecule has 0 unspecified atom stereocenters.